The van der Waals surface area contributed by atoms with E-state index in [1.165, 1.54) is 4.70 Å². The van der Waals surface area contributed by atoms with Gasteiger partial charge in [-0.3, -0.25) is 4.79 Å². The highest BCUT2D eigenvalue weighted by atomic mass is 32.1. The molecule has 0 bridgehead atoms. The number of fused-ring (bicyclic) bond motifs is 2. The molecule has 26 heavy (non-hydrogen) atoms. The number of carbonyl (C=O) groups excluding carboxylic acids is 1. The Morgan fingerprint density at radius 2 is 1.81 bits per heavy atom. The van der Waals surface area contributed by atoms with Crippen LogP contribution in [0.1, 0.15) is 34.2 Å². The van der Waals surface area contributed by atoms with Crippen LogP contribution in [0.4, 0.5) is 0 Å². The van der Waals surface area contributed by atoms with E-state index in [1.807, 2.05) is 53.4 Å². The summed E-state index contributed by atoms with van der Waals surface area (Å²) in [6, 6.07) is 22.4. The Balaban J connectivity index is 1.49. The molecule has 0 saturated carbocycles. The molecule has 1 aromatic heterocycles. The monoisotopic (exact) mass is 358 g/mol. The normalized spacial score (nSPS) is 17.2. The number of likely N-dealkylation sites (tertiary alicyclic amines) is 1. The second-order valence-electron chi connectivity index (χ2n) is 6.74. The van der Waals surface area contributed by atoms with Crippen molar-refractivity contribution >= 4 is 38.2 Å². The van der Waals surface area contributed by atoms with E-state index in [-0.39, 0.29) is 11.9 Å². The van der Waals surface area contributed by atoms with Crippen molar-refractivity contribution in [3.05, 3.63) is 77.3 Å². The number of benzene rings is 3. The number of carbonyl (C=O) groups is 1. The van der Waals surface area contributed by atoms with Crippen molar-refractivity contribution in [2.45, 2.75) is 18.9 Å². The van der Waals surface area contributed by atoms with E-state index in [0.717, 1.165) is 46.2 Å². The minimum absolute atomic E-state index is 0.0892. The molecule has 0 spiro atoms. The maximum atomic E-state index is 13.2. The Hall–Kier alpha value is -2.72. The Kier molecular flexibility index (Phi) is 3.71. The molecule has 128 valence electrons. The Morgan fingerprint density at radius 3 is 2.69 bits per heavy atom. The molecular weight excluding hydrogens is 340 g/mol. The van der Waals surface area contributed by atoms with Gasteiger partial charge in [-0.25, -0.2) is 4.98 Å². The van der Waals surface area contributed by atoms with E-state index in [4.69, 9.17) is 4.98 Å². The Bertz CT molecular complexity index is 1080. The van der Waals surface area contributed by atoms with Crippen LogP contribution in [0.25, 0.3) is 21.0 Å². The second kappa shape index (κ2) is 6.22. The molecular formula is C22H18N2OS. The van der Waals surface area contributed by atoms with Crippen LogP contribution >= 0.6 is 11.3 Å². The summed E-state index contributed by atoms with van der Waals surface area (Å²) in [5.74, 6) is 0.109. The van der Waals surface area contributed by atoms with Crippen LogP contribution in [-0.2, 0) is 0 Å². The average Bonchev–Trinajstić information content (AvgIpc) is 3.33. The molecule has 4 aromatic rings. The summed E-state index contributed by atoms with van der Waals surface area (Å²) in [7, 11) is 0. The Morgan fingerprint density at radius 1 is 1.00 bits per heavy atom. The van der Waals surface area contributed by atoms with Crippen molar-refractivity contribution in [3.8, 4) is 0 Å². The minimum Gasteiger partial charge on any atom is -0.329 e. The van der Waals surface area contributed by atoms with Gasteiger partial charge < -0.3 is 4.90 Å². The molecule has 0 radical (unpaired) electrons. The van der Waals surface area contributed by atoms with Gasteiger partial charge in [0.1, 0.15) is 5.01 Å². The summed E-state index contributed by atoms with van der Waals surface area (Å²) in [6.07, 6.45) is 2.01. The lowest BCUT2D eigenvalue weighted by atomic mass is 10.1. The van der Waals surface area contributed by atoms with Crippen LogP contribution in [0.3, 0.4) is 0 Å². The van der Waals surface area contributed by atoms with Gasteiger partial charge in [0.05, 0.1) is 16.3 Å². The first-order valence-corrected chi connectivity index (χ1v) is 9.76. The van der Waals surface area contributed by atoms with Crippen molar-refractivity contribution < 1.29 is 4.79 Å². The number of para-hydroxylation sites is 1. The second-order valence-corrected chi connectivity index (χ2v) is 7.80. The highest BCUT2D eigenvalue weighted by Gasteiger charge is 2.32. The van der Waals surface area contributed by atoms with Crippen molar-refractivity contribution in [2.24, 2.45) is 0 Å². The quantitative estimate of drug-likeness (QED) is 0.479. The molecule has 1 amide bonds. The lowest BCUT2D eigenvalue weighted by molar-refractivity contribution is 0.0736. The molecule has 4 heteroatoms. The molecule has 0 aliphatic carbocycles. The van der Waals surface area contributed by atoms with Gasteiger partial charge in [0.25, 0.3) is 5.91 Å². The smallest absolute Gasteiger partial charge is 0.254 e. The highest BCUT2D eigenvalue weighted by molar-refractivity contribution is 7.18. The topological polar surface area (TPSA) is 33.2 Å². The molecule has 5 rings (SSSR count). The van der Waals surface area contributed by atoms with Gasteiger partial charge in [-0.15, -0.1) is 11.3 Å². The van der Waals surface area contributed by atoms with Gasteiger partial charge in [-0.05, 0) is 47.9 Å². The Labute approximate surface area is 155 Å². The zero-order valence-electron chi connectivity index (χ0n) is 14.3. The fourth-order valence-electron chi connectivity index (χ4n) is 3.79. The summed E-state index contributed by atoms with van der Waals surface area (Å²) < 4.78 is 1.19. The molecule has 1 saturated heterocycles. The number of nitrogens with zero attached hydrogens (tertiary/aromatic N) is 2. The predicted octanol–water partition coefficient (Wildman–Crippen LogP) is 5.43. The molecule has 1 aliphatic heterocycles. The van der Waals surface area contributed by atoms with E-state index in [2.05, 4.69) is 18.2 Å². The average molecular weight is 358 g/mol. The standard InChI is InChI=1S/C22H18N2OS/c25-22(17-12-11-15-6-1-2-7-16(15)14-17)24-13-5-9-19(24)21-23-18-8-3-4-10-20(18)26-21/h1-4,6-8,10-12,14,19H,5,9,13H2/t19-/m0/s1. The van der Waals surface area contributed by atoms with Gasteiger partial charge in [0.15, 0.2) is 0 Å². The van der Waals surface area contributed by atoms with E-state index in [1.54, 1.807) is 11.3 Å². The van der Waals surface area contributed by atoms with Crippen molar-refractivity contribution in [1.82, 2.24) is 9.88 Å². The predicted molar refractivity (Wildman–Crippen MR) is 107 cm³/mol. The van der Waals surface area contributed by atoms with Crippen molar-refractivity contribution in [1.29, 1.82) is 0 Å². The van der Waals surface area contributed by atoms with Crippen LogP contribution in [0.5, 0.6) is 0 Å². The molecule has 1 atom stereocenters. The van der Waals surface area contributed by atoms with Crippen LogP contribution in [-0.4, -0.2) is 22.3 Å². The number of rotatable bonds is 2. The van der Waals surface area contributed by atoms with Crippen LogP contribution < -0.4 is 0 Å². The number of amides is 1. The fraction of sp³-hybridized carbons (Fsp3) is 0.182. The maximum Gasteiger partial charge on any atom is 0.254 e. The molecule has 1 fully saturated rings. The summed E-state index contributed by atoms with van der Waals surface area (Å²) >= 11 is 1.71. The third-order valence-electron chi connectivity index (χ3n) is 5.11. The first-order valence-electron chi connectivity index (χ1n) is 8.95. The summed E-state index contributed by atoms with van der Waals surface area (Å²) in [6.45, 7) is 0.798. The summed E-state index contributed by atoms with van der Waals surface area (Å²) in [4.78, 5) is 20.0. The number of aromatic nitrogens is 1. The van der Waals surface area contributed by atoms with E-state index in [9.17, 15) is 4.79 Å². The van der Waals surface area contributed by atoms with E-state index < -0.39 is 0 Å². The third-order valence-corrected chi connectivity index (χ3v) is 6.24. The largest absolute Gasteiger partial charge is 0.329 e. The third kappa shape index (κ3) is 2.58. The van der Waals surface area contributed by atoms with Gasteiger partial charge in [0.2, 0.25) is 0 Å². The van der Waals surface area contributed by atoms with E-state index >= 15 is 0 Å². The summed E-state index contributed by atoms with van der Waals surface area (Å²) in [5, 5.41) is 3.32. The zero-order valence-corrected chi connectivity index (χ0v) is 15.1. The first kappa shape index (κ1) is 15.5. The molecule has 3 nitrogen and oxygen atoms in total. The van der Waals surface area contributed by atoms with Crippen molar-refractivity contribution in [2.75, 3.05) is 6.54 Å². The lowest BCUT2D eigenvalue weighted by Gasteiger charge is -2.23. The number of hydrogen-bond acceptors (Lipinski definition) is 3. The first-order chi connectivity index (χ1) is 12.8. The van der Waals surface area contributed by atoms with Gasteiger partial charge in [0, 0.05) is 12.1 Å². The highest BCUT2D eigenvalue weighted by Crippen LogP contribution is 2.37. The molecule has 2 heterocycles. The van der Waals surface area contributed by atoms with Gasteiger partial charge in [-0.2, -0.15) is 0 Å². The van der Waals surface area contributed by atoms with Crippen LogP contribution in [0, 0.1) is 0 Å². The molecule has 0 unspecified atom stereocenters. The molecule has 3 aromatic carbocycles. The van der Waals surface area contributed by atoms with E-state index in [0.29, 0.717) is 0 Å². The maximum absolute atomic E-state index is 13.2. The molecule has 0 N–H and O–H groups in total. The summed E-state index contributed by atoms with van der Waals surface area (Å²) in [5.41, 5.74) is 1.79. The number of thiazole rings is 1. The van der Waals surface area contributed by atoms with Gasteiger partial charge >= 0.3 is 0 Å². The molecule has 1 aliphatic rings. The zero-order chi connectivity index (χ0) is 17.5. The van der Waals surface area contributed by atoms with Gasteiger partial charge in [-0.1, -0.05) is 42.5 Å². The minimum atomic E-state index is 0.0892. The van der Waals surface area contributed by atoms with Crippen LogP contribution in [0.15, 0.2) is 66.7 Å². The van der Waals surface area contributed by atoms with Crippen LogP contribution in [0.2, 0.25) is 0 Å². The SMILES string of the molecule is O=C(c1ccc2ccccc2c1)N1CCC[C@H]1c1nc2ccccc2s1. The lowest BCUT2D eigenvalue weighted by Crippen LogP contribution is -2.30. The fourth-order valence-corrected chi connectivity index (χ4v) is 4.90. The number of hydrogen-bond donors (Lipinski definition) is 0. The van der Waals surface area contributed by atoms with Crippen molar-refractivity contribution in [3.63, 3.8) is 0 Å².